The van der Waals surface area contributed by atoms with E-state index in [0.29, 0.717) is 39.9 Å². The monoisotopic (exact) mass is 292 g/mol. The molecule has 0 N–H and O–H groups in total. The van der Waals surface area contributed by atoms with E-state index in [0.717, 1.165) is 0 Å². The van der Waals surface area contributed by atoms with E-state index in [2.05, 4.69) is 0 Å². The predicted molar refractivity (Wildman–Crippen MR) is 76.5 cm³/mol. The van der Waals surface area contributed by atoms with Crippen LogP contribution in [0.5, 0.6) is 23.0 Å². The molecule has 0 aliphatic heterocycles. The molecule has 0 unspecified atom stereocenters. The third-order valence-electron chi connectivity index (χ3n) is 2.70. The van der Waals surface area contributed by atoms with Crippen molar-refractivity contribution in [2.75, 3.05) is 14.2 Å². The minimum absolute atomic E-state index is 0.325. The molecule has 2 aromatic carbocycles. The van der Waals surface area contributed by atoms with Crippen LogP contribution in [0.2, 0.25) is 5.02 Å². The molecule has 2 rings (SSSR count). The molecule has 0 atom stereocenters. The number of aldehydes is 1. The van der Waals surface area contributed by atoms with Crippen LogP contribution >= 0.6 is 11.6 Å². The van der Waals surface area contributed by atoms with Gasteiger partial charge in [-0.1, -0.05) is 17.7 Å². The Bertz CT molecular complexity index is 603. The van der Waals surface area contributed by atoms with Gasteiger partial charge in [-0.3, -0.25) is 4.79 Å². The fourth-order valence-corrected chi connectivity index (χ4v) is 1.92. The largest absolute Gasteiger partial charge is 0.493 e. The van der Waals surface area contributed by atoms with Crippen LogP contribution in [0.1, 0.15) is 10.4 Å². The summed E-state index contributed by atoms with van der Waals surface area (Å²) in [5, 5.41) is 0.325. The first-order valence-electron chi connectivity index (χ1n) is 5.83. The van der Waals surface area contributed by atoms with Crippen molar-refractivity contribution in [1.29, 1.82) is 0 Å². The minimum Gasteiger partial charge on any atom is -0.493 e. The van der Waals surface area contributed by atoms with Crippen LogP contribution in [0.3, 0.4) is 0 Å². The SMILES string of the molecule is COc1cccc(OC)c1Oc1ccc(C=O)c(Cl)c1. The summed E-state index contributed by atoms with van der Waals surface area (Å²) in [7, 11) is 3.09. The highest BCUT2D eigenvalue weighted by atomic mass is 35.5. The van der Waals surface area contributed by atoms with Crippen molar-refractivity contribution < 1.29 is 19.0 Å². The summed E-state index contributed by atoms with van der Waals surface area (Å²) in [5.41, 5.74) is 0.408. The molecule has 0 saturated carbocycles. The van der Waals surface area contributed by atoms with Crippen molar-refractivity contribution in [2.45, 2.75) is 0 Å². The van der Waals surface area contributed by atoms with Crippen molar-refractivity contribution in [3.63, 3.8) is 0 Å². The molecule has 4 nitrogen and oxygen atoms in total. The van der Waals surface area contributed by atoms with E-state index in [1.54, 1.807) is 50.6 Å². The molecule has 0 heterocycles. The molecule has 5 heteroatoms. The number of carbonyl (C=O) groups excluding carboxylic acids is 1. The van der Waals surface area contributed by atoms with Crippen LogP contribution < -0.4 is 14.2 Å². The van der Waals surface area contributed by atoms with Crippen molar-refractivity contribution in [2.24, 2.45) is 0 Å². The molecule has 0 fully saturated rings. The van der Waals surface area contributed by atoms with Crippen LogP contribution in [-0.2, 0) is 0 Å². The van der Waals surface area contributed by atoms with Gasteiger partial charge in [0.05, 0.1) is 19.2 Å². The summed E-state index contributed by atoms with van der Waals surface area (Å²) in [6.45, 7) is 0. The second-order valence-electron chi connectivity index (χ2n) is 3.89. The first kappa shape index (κ1) is 14.2. The van der Waals surface area contributed by atoms with Gasteiger partial charge in [0, 0.05) is 11.6 Å². The van der Waals surface area contributed by atoms with Gasteiger partial charge >= 0.3 is 0 Å². The standard InChI is InChI=1S/C15H13ClO4/c1-18-13-4-3-5-14(19-2)15(13)20-11-7-6-10(9-17)12(16)8-11/h3-9H,1-2H3. The summed E-state index contributed by atoms with van der Waals surface area (Å²) in [4.78, 5) is 10.7. The van der Waals surface area contributed by atoms with E-state index in [1.165, 1.54) is 0 Å². The molecule has 0 bridgehead atoms. The number of rotatable bonds is 5. The minimum atomic E-state index is 0.325. The normalized spacial score (nSPS) is 9.95. The van der Waals surface area contributed by atoms with E-state index >= 15 is 0 Å². The van der Waals surface area contributed by atoms with Crippen LogP contribution in [0.4, 0.5) is 0 Å². The summed E-state index contributed by atoms with van der Waals surface area (Å²) in [6.07, 6.45) is 0.690. The second-order valence-corrected chi connectivity index (χ2v) is 4.30. The van der Waals surface area contributed by atoms with E-state index in [9.17, 15) is 4.79 Å². The molecule has 20 heavy (non-hydrogen) atoms. The van der Waals surface area contributed by atoms with E-state index in [1.807, 2.05) is 0 Å². The van der Waals surface area contributed by atoms with Gasteiger partial charge in [-0.05, 0) is 24.3 Å². The Labute approximate surface area is 121 Å². The van der Waals surface area contributed by atoms with Gasteiger partial charge in [0.15, 0.2) is 17.8 Å². The Morgan fingerprint density at radius 1 is 1.05 bits per heavy atom. The summed E-state index contributed by atoms with van der Waals surface area (Å²) in [5.74, 6) is 2.02. The van der Waals surface area contributed by atoms with Crippen LogP contribution in [-0.4, -0.2) is 20.5 Å². The van der Waals surface area contributed by atoms with Crippen molar-refractivity contribution in [3.05, 3.63) is 47.0 Å². The molecular formula is C15H13ClO4. The Kier molecular flexibility index (Phi) is 4.48. The number of para-hydroxylation sites is 1. The lowest BCUT2D eigenvalue weighted by atomic mass is 10.2. The number of hydrogen-bond donors (Lipinski definition) is 0. The summed E-state index contributed by atoms with van der Waals surface area (Å²) < 4.78 is 16.2. The zero-order chi connectivity index (χ0) is 14.5. The number of carbonyl (C=O) groups is 1. The van der Waals surface area contributed by atoms with Gasteiger partial charge in [-0.15, -0.1) is 0 Å². The number of hydrogen-bond acceptors (Lipinski definition) is 4. The van der Waals surface area contributed by atoms with E-state index < -0.39 is 0 Å². The highest BCUT2D eigenvalue weighted by molar-refractivity contribution is 6.33. The zero-order valence-electron chi connectivity index (χ0n) is 11.1. The number of benzene rings is 2. The van der Waals surface area contributed by atoms with Gasteiger partial charge < -0.3 is 14.2 Å². The number of methoxy groups -OCH3 is 2. The third kappa shape index (κ3) is 2.86. The van der Waals surface area contributed by atoms with Crippen LogP contribution in [0, 0.1) is 0 Å². The first-order valence-corrected chi connectivity index (χ1v) is 6.21. The van der Waals surface area contributed by atoms with E-state index in [4.69, 9.17) is 25.8 Å². The predicted octanol–water partition coefficient (Wildman–Crippen LogP) is 3.96. The molecule has 0 amide bonds. The zero-order valence-corrected chi connectivity index (χ0v) is 11.8. The first-order chi connectivity index (χ1) is 9.69. The number of halogens is 1. The summed E-state index contributed by atoms with van der Waals surface area (Å²) >= 11 is 5.97. The Morgan fingerprint density at radius 3 is 2.20 bits per heavy atom. The second kappa shape index (κ2) is 6.30. The smallest absolute Gasteiger partial charge is 0.210 e. The molecule has 2 aromatic rings. The molecule has 0 spiro atoms. The van der Waals surface area contributed by atoms with Gasteiger partial charge in [0.2, 0.25) is 5.75 Å². The van der Waals surface area contributed by atoms with Gasteiger partial charge in [-0.25, -0.2) is 0 Å². The van der Waals surface area contributed by atoms with Crippen molar-refractivity contribution >= 4 is 17.9 Å². The van der Waals surface area contributed by atoms with Gasteiger partial charge in [0.25, 0.3) is 0 Å². The molecular weight excluding hydrogens is 280 g/mol. The molecule has 104 valence electrons. The maximum absolute atomic E-state index is 10.7. The fourth-order valence-electron chi connectivity index (χ4n) is 1.70. The Hall–Kier alpha value is -2.20. The van der Waals surface area contributed by atoms with Gasteiger partial charge in [-0.2, -0.15) is 0 Å². The molecule has 0 aliphatic carbocycles. The molecule has 0 aromatic heterocycles. The maximum atomic E-state index is 10.7. The van der Waals surface area contributed by atoms with Crippen LogP contribution in [0.25, 0.3) is 0 Å². The highest BCUT2D eigenvalue weighted by Gasteiger charge is 2.13. The molecule has 0 radical (unpaired) electrons. The fraction of sp³-hybridized carbons (Fsp3) is 0.133. The average molecular weight is 293 g/mol. The third-order valence-corrected chi connectivity index (χ3v) is 3.03. The highest BCUT2D eigenvalue weighted by Crippen LogP contribution is 2.40. The molecule has 0 saturated heterocycles. The Balaban J connectivity index is 2.38. The van der Waals surface area contributed by atoms with Gasteiger partial charge in [0.1, 0.15) is 5.75 Å². The van der Waals surface area contributed by atoms with Crippen LogP contribution in [0.15, 0.2) is 36.4 Å². The summed E-state index contributed by atoms with van der Waals surface area (Å²) in [6, 6.07) is 10.1. The number of ether oxygens (including phenoxy) is 3. The van der Waals surface area contributed by atoms with Crippen molar-refractivity contribution in [1.82, 2.24) is 0 Å². The van der Waals surface area contributed by atoms with E-state index in [-0.39, 0.29) is 0 Å². The quantitative estimate of drug-likeness (QED) is 0.782. The lowest BCUT2D eigenvalue weighted by Crippen LogP contribution is -1.94. The Morgan fingerprint density at radius 2 is 1.70 bits per heavy atom. The lowest BCUT2D eigenvalue weighted by molar-refractivity contribution is 0.112. The average Bonchev–Trinajstić information content (AvgIpc) is 2.47. The molecule has 0 aliphatic rings. The topological polar surface area (TPSA) is 44.8 Å². The lowest BCUT2D eigenvalue weighted by Gasteiger charge is -2.14. The maximum Gasteiger partial charge on any atom is 0.210 e. The van der Waals surface area contributed by atoms with Crippen molar-refractivity contribution in [3.8, 4) is 23.0 Å².